The summed E-state index contributed by atoms with van der Waals surface area (Å²) in [6, 6.07) is 0. The van der Waals surface area contributed by atoms with E-state index in [1.807, 2.05) is 13.8 Å². The highest BCUT2D eigenvalue weighted by Gasteiger charge is 2.38. The molecule has 0 aromatic rings. The van der Waals surface area contributed by atoms with Gasteiger partial charge in [0.1, 0.15) is 12.7 Å². The summed E-state index contributed by atoms with van der Waals surface area (Å²) in [5, 5.41) is 0. The van der Waals surface area contributed by atoms with Crippen LogP contribution in [0.3, 0.4) is 0 Å². The van der Waals surface area contributed by atoms with Gasteiger partial charge in [0.25, 0.3) is 0 Å². The molecule has 4 nitrogen and oxygen atoms in total. The van der Waals surface area contributed by atoms with Crippen molar-refractivity contribution in [2.45, 2.75) is 91.1 Å². The van der Waals surface area contributed by atoms with E-state index in [0.717, 1.165) is 51.4 Å². The molecule has 2 rings (SSSR count). The minimum Gasteiger partial charge on any atom is -0.461 e. The van der Waals surface area contributed by atoms with Crippen LogP contribution in [0.15, 0.2) is 0 Å². The minimum absolute atomic E-state index is 0.135. The smallest absolute Gasteiger partial charge is 0.312 e. The first kappa shape index (κ1) is 18.3. The zero-order valence-corrected chi connectivity index (χ0v) is 15.0. The Bertz CT molecular complexity index is 417. The maximum absolute atomic E-state index is 12.4. The molecule has 0 spiro atoms. The molecule has 0 N–H and O–H groups in total. The van der Waals surface area contributed by atoms with Gasteiger partial charge in [0, 0.05) is 0 Å². The van der Waals surface area contributed by atoms with E-state index in [-0.39, 0.29) is 35.5 Å². The van der Waals surface area contributed by atoms with E-state index >= 15 is 0 Å². The molecule has 0 aromatic heterocycles. The van der Waals surface area contributed by atoms with E-state index in [9.17, 15) is 9.59 Å². The molecule has 0 aromatic carbocycles. The van der Waals surface area contributed by atoms with Gasteiger partial charge < -0.3 is 9.47 Å². The van der Waals surface area contributed by atoms with Crippen LogP contribution >= 0.6 is 0 Å². The van der Waals surface area contributed by atoms with Gasteiger partial charge in [-0.15, -0.1) is 0 Å². The molecule has 1 atom stereocenters. The van der Waals surface area contributed by atoms with Gasteiger partial charge in [-0.1, -0.05) is 38.5 Å². The van der Waals surface area contributed by atoms with E-state index in [4.69, 9.17) is 9.47 Å². The van der Waals surface area contributed by atoms with Crippen LogP contribution in [0.25, 0.3) is 0 Å². The van der Waals surface area contributed by atoms with Crippen LogP contribution in [-0.2, 0) is 19.1 Å². The van der Waals surface area contributed by atoms with Crippen molar-refractivity contribution in [3.05, 3.63) is 0 Å². The van der Waals surface area contributed by atoms with Gasteiger partial charge in [-0.3, -0.25) is 9.59 Å². The Kier molecular flexibility index (Phi) is 6.10. The summed E-state index contributed by atoms with van der Waals surface area (Å²) in [5.41, 5.74) is -0.705. The lowest BCUT2D eigenvalue weighted by atomic mass is 9.76. The molecule has 1 unspecified atom stereocenters. The molecule has 2 aliphatic rings. The van der Waals surface area contributed by atoms with E-state index in [2.05, 4.69) is 0 Å². The van der Waals surface area contributed by atoms with Crippen molar-refractivity contribution in [2.24, 2.45) is 10.8 Å². The third kappa shape index (κ3) is 4.71. The Hall–Kier alpha value is -1.06. The number of carbonyl (C=O) groups is 2. The summed E-state index contributed by atoms with van der Waals surface area (Å²) in [6.45, 7) is 5.96. The first-order chi connectivity index (χ1) is 10.9. The summed E-state index contributed by atoms with van der Waals surface area (Å²) in [4.78, 5) is 24.7. The fourth-order valence-electron chi connectivity index (χ4n) is 3.80. The van der Waals surface area contributed by atoms with Crippen LogP contribution in [0.4, 0.5) is 0 Å². The number of carbonyl (C=O) groups excluding carboxylic acids is 2. The molecule has 2 fully saturated rings. The Balaban J connectivity index is 1.77. The van der Waals surface area contributed by atoms with Crippen LogP contribution in [0.1, 0.15) is 85.0 Å². The fraction of sp³-hybridized carbons (Fsp3) is 0.895. The van der Waals surface area contributed by atoms with Gasteiger partial charge >= 0.3 is 11.9 Å². The number of hydrogen-bond acceptors (Lipinski definition) is 4. The molecular weight excluding hydrogens is 292 g/mol. The van der Waals surface area contributed by atoms with Crippen LogP contribution < -0.4 is 0 Å². The predicted molar refractivity (Wildman–Crippen MR) is 88.9 cm³/mol. The van der Waals surface area contributed by atoms with Crippen molar-refractivity contribution in [1.82, 2.24) is 0 Å². The Labute approximate surface area is 140 Å². The van der Waals surface area contributed by atoms with Crippen molar-refractivity contribution >= 4 is 11.9 Å². The lowest BCUT2D eigenvalue weighted by molar-refractivity contribution is -0.171. The molecule has 2 aliphatic carbocycles. The normalized spacial score (nSPS) is 24.5. The summed E-state index contributed by atoms with van der Waals surface area (Å²) >= 11 is 0. The van der Waals surface area contributed by atoms with Crippen molar-refractivity contribution in [2.75, 3.05) is 6.61 Å². The first-order valence-electron chi connectivity index (χ1n) is 9.24. The summed E-state index contributed by atoms with van der Waals surface area (Å²) in [6.07, 6.45) is 9.99. The topological polar surface area (TPSA) is 52.6 Å². The lowest BCUT2D eigenvalue weighted by Crippen LogP contribution is -2.37. The van der Waals surface area contributed by atoms with Crippen molar-refractivity contribution in [3.8, 4) is 0 Å². The molecule has 0 radical (unpaired) electrons. The summed E-state index contributed by atoms with van der Waals surface area (Å²) in [5.74, 6) is -0.270. The fourth-order valence-corrected chi connectivity index (χ4v) is 3.80. The van der Waals surface area contributed by atoms with Gasteiger partial charge in [0.15, 0.2) is 0 Å². The van der Waals surface area contributed by atoms with E-state index in [1.54, 1.807) is 6.92 Å². The molecule has 4 heteroatoms. The molecule has 0 bridgehead atoms. The molecule has 0 amide bonds. The van der Waals surface area contributed by atoms with Crippen LogP contribution in [0.2, 0.25) is 0 Å². The van der Waals surface area contributed by atoms with Crippen LogP contribution in [0, 0.1) is 10.8 Å². The predicted octanol–water partition coefficient (Wildman–Crippen LogP) is 4.40. The monoisotopic (exact) mass is 324 g/mol. The van der Waals surface area contributed by atoms with Gasteiger partial charge in [0.05, 0.1) is 10.8 Å². The van der Waals surface area contributed by atoms with Gasteiger partial charge in [-0.05, 0) is 46.5 Å². The Morgan fingerprint density at radius 1 is 0.826 bits per heavy atom. The van der Waals surface area contributed by atoms with Gasteiger partial charge in [0.2, 0.25) is 0 Å². The Morgan fingerprint density at radius 2 is 1.26 bits per heavy atom. The molecule has 23 heavy (non-hydrogen) atoms. The summed E-state index contributed by atoms with van der Waals surface area (Å²) < 4.78 is 11.0. The molecule has 2 saturated carbocycles. The zero-order chi connectivity index (χ0) is 16.9. The third-order valence-electron chi connectivity index (χ3n) is 5.66. The van der Waals surface area contributed by atoms with Crippen LogP contribution in [-0.4, -0.2) is 24.6 Å². The summed E-state index contributed by atoms with van der Waals surface area (Å²) in [7, 11) is 0. The lowest BCUT2D eigenvalue weighted by Gasteiger charge is -2.33. The van der Waals surface area contributed by atoms with Crippen molar-refractivity contribution < 1.29 is 19.1 Å². The molecular formula is C19H32O4. The number of esters is 2. The molecule has 0 saturated heterocycles. The maximum Gasteiger partial charge on any atom is 0.312 e. The Morgan fingerprint density at radius 3 is 1.74 bits per heavy atom. The quantitative estimate of drug-likeness (QED) is 0.703. The van der Waals surface area contributed by atoms with Crippen molar-refractivity contribution in [1.29, 1.82) is 0 Å². The van der Waals surface area contributed by atoms with Gasteiger partial charge in [-0.2, -0.15) is 0 Å². The maximum atomic E-state index is 12.4. The largest absolute Gasteiger partial charge is 0.461 e. The zero-order valence-electron chi connectivity index (χ0n) is 15.0. The first-order valence-corrected chi connectivity index (χ1v) is 9.24. The average Bonchev–Trinajstić information content (AvgIpc) is 2.54. The second kappa shape index (κ2) is 7.67. The number of hydrogen-bond donors (Lipinski definition) is 0. The second-order valence-corrected chi connectivity index (χ2v) is 8.06. The number of ether oxygens (including phenoxy) is 2. The van der Waals surface area contributed by atoms with E-state index in [1.165, 1.54) is 12.8 Å². The molecule has 0 aliphatic heterocycles. The SMILES string of the molecule is CC(COC(=O)C1(C)CCCCC1)OC(=O)C1(C)CCCCC1. The van der Waals surface area contributed by atoms with Crippen LogP contribution in [0.5, 0.6) is 0 Å². The molecule has 132 valence electrons. The second-order valence-electron chi connectivity index (χ2n) is 8.06. The van der Waals surface area contributed by atoms with E-state index < -0.39 is 0 Å². The van der Waals surface area contributed by atoms with Crippen molar-refractivity contribution in [3.63, 3.8) is 0 Å². The third-order valence-corrected chi connectivity index (χ3v) is 5.66. The highest BCUT2D eigenvalue weighted by Crippen LogP contribution is 2.38. The standard InChI is InChI=1S/C19H32O4/c1-15(23-17(21)19(3)12-8-5-9-13-19)14-22-16(20)18(2)10-6-4-7-11-18/h15H,4-14H2,1-3H3. The van der Waals surface area contributed by atoms with Gasteiger partial charge in [-0.25, -0.2) is 0 Å². The van der Waals surface area contributed by atoms with E-state index in [0.29, 0.717) is 0 Å². The average molecular weight is 324 g/mol. The number of rotatable bonds is 5. The minimum atomic E-state index is -0.377. The highest BCUT2D eigenvalue weighted by atomic mass is 16.6. The highest BCUT2D eigenvalue weighted by molar-refractivity contribution is 5.77. The molecule has 0 heterocycles.